The third-order valence-corrected chi connectivity index (χ3v) is 5.33. The van der Waals surface area contributed by atoms with E-state index in [1.807, 2.05) is 62.4 Å². The number of hydrogen-bond acceptors (Lipinski definition) is 2. The van der Waals surface area contributed by atoms with Crippen LogP contribution in [0.2, 0.25) is 0 Å². The molecule has 0 unspecified atom stereocenters. The van der Waals surface area contributed by atoms with Crippen LogP contribution >= 0.6 is 0 Å². The van der Waals surface area contributed by atoms with Crippen molar-refractivity contribution in [1.82, 2.24) is 9.55 Å². The predicted molar refractivity (Wildman–Crippen MR) is 123 cm³/mol. The number of imidazole rings is 1. The number of anilines is 2. The van der Waals surface area contributed by atoms with Gasteiger partial charge in [-0.05, 0) is 61.7 Å². The average molecular weight is 399 g/mol. The van der Waals surface area contributed by atoms with Gasteiger partial charge in [0.1, 0.15) is 5.82 Å². The number of amides is 2. The molecular weight excluding hydrogens is 372 g/mol. The third kappa shape index (κ3) is 4.35. The van der Waals surface area contributed by atoms with Gasteiger partial charge in [0.25, 0.3) is 0 Å². The molecule has 0 aliphatic rings. The molecule has 0 bridgehead atoms. The second kappa shape index (κ2) is 8.41. The number of hydrogen-bond donors (Lipinski definition) is 2. The fourth-order valence-electron chi connectivity index (χ4n) is 3.72. The number of nitrogens with zero attached hydrogens (tertiary/aromatic N) is 2. The molecule has 5 heteroatoms. The number of carbonyl (C=O) groups excluding carboxylic acids is 1. The van der Waals surface area contributed by atoms with Crippen LogP contribution < -0.4 is 10.6 Å². The summed E-state index contributed by atoms with van der Waals surface area (Å²) in [4.78, 5) is 17.2. The molecule has 0 saturated heterocycles. The number of urea groups is 1. The van der Waals surface area contributed by atoms with Crippen LogP contribution in [-0.2, 0) is 19.9 Å². The van der Waals surface area contributed by atoms with E-state index in [1.54, 1.807) is 0 Å². The standard InChI is InChI=1S/C25H26N4O/c1-17-11-13-21(18(2)15-17)28-25(30)26-20-8-6-7-19(16-20)12-14-24-27-22-9-4-5-10-23(22)29(24)3/h4-11,13,15-16H,12,14H2,1-3H3,(H2,26,28,30). The van der Waals surface area contributed by atoms with Crippen LogP contribution in [0, 0.1) is 13.8 Å². The average Bonchev–Trinajstić information content (AvgIpc) is 3.05. The van der Waals surface area contributed by atoms with E-state index in [-0.39, 0.29) is 6.03 Å². The summed E-state index contributed by atoms with van der Waals surface area (Å²) in [6.45, 7) is 4.03. The van der Waals surface area contributed by atoms with Crippen molar-refractivity contribution in [3.05, 3.63) is 89.2 Å². The lowest BCUT2D eigenvalue weighted by molar-refractivity contribution is 0.262. The topological polar surface area (TPSA) is 59.0 Å². The molecule has 0 radical (unpaired) electrons. The van der Waals surface area contributed by atoms with E-state index in [4.69, 9.17) is 4.98 Å². The van der Waals surface area contributed by atoms with Gasteiger partial charge < -0.3 is 15.2 Å². The minimum atomic E-state index is -0.241. The number of aryl methyl sites for hydroxylation is 5. The third-order valence-electron chi connectivity index (χ3n) is 5.33. The number of rotatable bonds is 5. The summed E-state index contributed by atoms with van der Waals surface area (Å²) in [6, 6.07) is 21.9. The molecule has 0 aliphatic heterocycles. The molecule has 152 valence electrons. The smallest absolute Gasteiger partial charge is 0.323 e. The van der Waals surface area contributed by atoms with Crippen molar-refractivity contribution < 1.29 is 4.79 Å². The number of nitrogens with one attached hydrogen (secondary N) is 2. The first-order valence-corrected chi connectivity index (χ1v) is 10.1. The Bertz CT molecular complexity index is 1210. The molecule has 4 rings (SSSR count). The van der Waals surface area contributed by atoms with Crippen LogP contribution in [0.5, 0.6) is 0 Å². The molecule has 1 heterocycles. The number of benzene rings is 3. The van der Waals surface area contributed by atoms with Crippen molar-refractivity contribution in [3.8, 4) is 0 Å². The van der Waals surface area contributed by atoms with Crippen molar-refractivity contribution in [2.24, 2.45) is 7.05 Å². The zero-order valence-corrected chi connectivity index (χ0v) is 17.6. The highest BCUT2D eigenvalue weighted by molar-refractivity contribution is 6.00. The Hall–Kier alpha value is -3.60. The molecule has 1 aromatic heterocycles. The Balaban J connectivity index is 1.40. The van der Waals surface area contributed by atoms with Crippen molar-refractivity contribution in [3.63, 3.8) is 0 Å². The summed E-state index contributed by atoms with van der Waals surface area (Å²) in [7, 11) is 2.06. The highest BCUT2D eigenvalue weighted by Crippen LogP contribution is 2.19. The van der Waals surface area contributed by atoms with Gasteiger partial charge in [-0.3, -0.25) is 0 Å². The Morgan fingerprint density at radius 2 is 1.77 bits per heavy atom. The van der Waals surface area contributed by atoms with E-state index in [1.165, 1.54) is 5.56 Å². The predicted octanol–water partition coefficient (Wildman–Crippen LogP) is 5.62. The number of fused-ring (bicyclic) bond motifs is 1. The van der Waals surface area contributed by atoms with Crippen LogP contribution in [0.1, 0.15) is 22.5 Å². The van der Waals surface area contributed by atoms with Crippen LogP contribution in [0.25, 0.3) is 11.0 Å². The molecule has 2 amide bonds. The van der Waals surface area contributed by atoms with E-state index >= 15 is 0 Å². The highest BCUT2D eigenvalue weighted by Gasteiger charge is 2.09. The summed E-state index contributed by atoms with van der Waals surface area (Å²) in [5.74, 6) is 1.06. The second-order valence-electron chi connectivity index (χ2n) is 7.67. The molecule has 0 aliphatic carbocycles. The van der Waals surface area contributed by atoms with Crippen LogP contribution in [0.15, 0.2) is 66.7 Å². The second-order valence-corrected chi connectivity index (χ2v) is 7.67. The Labute approximate surface area is 176 Å². The zero-order chi connectivity index (χ0) is 21.1. The van der Waals surface area contributed by atoms with E-state index in [0.29, 0.717) is 0 Å². The lowest BCUT2D eigenvalue weighted by Crippen LogP contribution is -2.20. The molecule has 3 aromatic carbocycles. The van der Waals surface area contributed by atoms with Crippen LogP contribution in [0.3, 0.4) is 0 Å². The molecule has 2 N–H and O–H groups in total. The van der Waals surface area contributed by atoms with Crippen LogP contribution in [0.4, 0.5) is 16.2 Å². The number of para-hydroxylation sites is 2. The molecule has 5 nitrogen and oxygen atoms in total. The molecule has 0 saturated carbocycles. The van der Waals surface area contributed by atoms with Gasteiger partial charge in [-0.2, -0.15) is 0 Å². The fourth-order valence-corrected chi connectivity index (χ4v) is 3.72. The molecular formula is C25H26N4O. The van der Waals surface area contributed by atoms with Gasteiger partial charge >= 0.3 is 6.03 Å². The first kappa shape index (κ1) is 19.7. The summed E-state index contributed by atoms with van der Waals surface area (Å²) in [6.07, 6.45) is 1.69. The Morgan fingerprint density at radius 3 is 2.57 bits per heavy atom. The largest absolute Gasteiger partial charge is 0.331 e. The maximum atomic E-state index is 12.4. The summed E-state index contributed by atoms with van der Waals surface area (Å²) < 4.78 is 2.15. The van der Waals surface area contributed by atoms with Crippen molar-refractivity contribution in [2.75, 3.05) is 10.6 Å². The maximum Gasteiger partial charge on any atom is 0.323 e. The number of carbonyl (C=O) groups is 1. The minimum absolute atomic E-state index is 0.241. The van der Waals surface area contributed by atoms with E-state index in [9.17, 15) is 4.79 Å². The molecule has 0 fully saturated rings. The Morgan fingerprint density at radius 1 is 0.933 bits per heavy atom. The highest BCUT2D eigenvalue weighted by atomic mass is 16.2. The molecule has 4 aromatic rings. The monoisotopic (exact) mass is 398 g/mol. The maximum absolute atomic E-state index is 12.4. The van der Waals surface area contributed by atoms with Crippen LogP contribution in [-0.4, -0.2) is 15.6 Å². The minimum Gasteiger partial charge on any atom is -0.331 e. The summed E-state index contributed by atoms with van der Waals surface area (Å²) in [5.41, 5.74) is 7.13. The van der Waals surface area contributed by atoms with Gasteiger partial charge in [-0.1, -0.05) is 42.0 Å². The van der Waals surface area contributed by atoms with Gasteiger partial charge in [0.15, 0.2) is 0 Å². The normalized spacial score (nSPS) is 10.9. The van der Waals surface area contributed by atoms with Gasteiger partial charge in [-0.15, -0.1) is 0 Å². The lowest BCUT2D eigenvalue weighted by Gasteiger charge is -2.11. The zero-order valence-electron chi connectivity index (χ0n) is 17.6. The molecule has 0 atom stereocenters. The summed E-state index contributed by atoms with van der Waals surface area (Å²) in [5, 5.41) is 5.86. The number of aromatic nitrogens is 2. The van der Waals surface area contributed by atoms with Crippen molar-refractivity contribution in [2.45, 2.75) is 26.7 Å². The van der Waals surface area contributed by atoms with Crippen molar-refractivity contribution >= 4 is 28.4 Å². The van der Waals surface area contributed by atoms with Gasteiger partial charge in [-0.25, -0.2) is 9.78 Å². The molecule has 30 heavy (non-hydrogen) atoms. The van der Waals surface area contributed by atoms with Crippen molar-refractivity contribution in [1.29, 1.82) is 0 Å². The van der Waals surface area contributed by atoms with E-state index in [0.717, 1.165) is 52.2 Å². The van der Waals surface area contributed by atoms with E-state index < -0.39 is 0 Å². The quantitative estimate of drug-likeness (QED) is 0.458. The first-order valence-electron chi connectivity index (χ1n) is 10.1. The first-order chi connectivity index (χ1) is 14.5. The SMILES string of the molecule is Cc1ccc(NC(=O)Nc2cccc(CCc3nc4ccccc4n3C)c2)c(C)c1. The van der Waals surface area contributed by atoms with Gasteiger partial charge in [0.2, 0.25) is 0 Å². The fraction of sp³-hybridized carbons (Fsp3) is 0.200. The summed E-state index contributed by atoms with van der Waals surface area (Å²) >= 11 is 0. The molecule has 0 spiro atoms. The van der Waals surface area contributed by atoms with Gasteiger partial charge in [0, 0.05) is 24.8 Å². The lowest BCUT2D eigenvalue weighted by atomic mass is 10.1. The van der Waals surface area contributed by atoms with Gasteiger partial charge in [0.05, 0.1) is 11.0 Å². The van der Waals surface area contributed by atoms with E-state index in [2.05, 4.69) is 40.4 Å². The Kier molecular flexibility index (Phi) is 5.53.